The number of fused-ring (bicyclic) bond motifs is 1. The predicted octanol–water partition coefficient (Wildman–Crippen LogP) is 3.62. The lowest BCUT2D eigenvalue weighted by Gasteiger charge is -2.32. The molecule has 10 heteroatoms. The second kappa shape index (κ2) is 8.92. The minimum atomic E-state index is -1.58. The van der Waals surface area contributed by atoms with E-state index in [4.69, 9.17) is 15.0 Å². The number of aromatic nitrogens is 4. The molecule has 0 amide bonds. The number of hydrogen-bond donors (Lipinski definition) is 5. The Morgan fingerprint density at radius 3 is 2.60 bits per heavy atom. The normalized spacial score (nSPS) is 24.8. The SMILES string of the molecule is Cc1nc(NCC2CC2)nc(NC2(O)CCC(CC(C)(C)O)C2O)c1-c1nc2c(C)nccc2s1. The smallest absolute Gasteiger partial charge is 0.224 e. The fraction of sp³-hybridized carbons (Fsp3) is 0.600. The molecular formula is C25H34N6O3S. The molecule has 5 rings (SSSR count). The van der Waals surface area contributed by atoms with Crippen LogP contribution in [0.2, 0.25) is 0 Å². The van der Waals surface area contributed by atoms with E-state index in [0.29, 0.717) is 42.5 Å². The van der Waals surface area contributed by atoms with Gasteiger partial charge in [0, 0.05) is 12.7 Å². The van der Waals surface area contributed by atoms with Gasteiger partial charge in [-0.15, -0.1) is 11.3 Å². The van der Waals surface area contributed by atoms with Gasteiger partial charge >= 0.3 is 0 Å². The van der Waals surface area contributed by atoms with Crippen LogP contribution in [0.25, 0.3) is 20.8 Å². The van der Waals surface area contributed by atoms with E-state index >= 15 is 0 Å². The van der Waals surface area contributed by atoms with Gasteiger partial charge in [0.05, 0.1) is 27.3 Å². The summed E-state index contributed by atoms with van der Waals surface area (Å²) in [6.07, 6.45) is 4.46. The van der Waals surface area contributed by atoms with Crippen LogP contribution >= 0.6 is 11.3 Å². The number of nitrogens with zero attached hydrogens (tertiary/aromatic N) is 4. The summed E-state index contributed by atoms with van der Waals surface area (Å²) in [7, 11) is 0. The topological polar surface area (TPSA) is 136 Å². The molecule has 0 aromatic carbocycles. The molecule has 9 nitrogen and oxygen atoms in total. The molecule has 5 N–H and O–H groups in total. The zero-order chi connectivity index (χ0) is 25.0. The van der Waals surface area contributed by atoms with E-state index in [9.17, 15) is 15.3 Å². The van der Waals surface area contributed by atoms with Crippen molar-refractivity contribution >= 4 is 33.3 Å². The lowest BCUT2D eigenvalue weighted by molar-refractivity contribution is -0.0604. The molecule has 0 aliphatic heterocycles. The lowest BCUT2D eigenvalue weighted by Crippen LogP contribution is -2.48. The number of thiazole rings is 1. The van der Waals surface area contributed by atoms with Crippen molar-refractivity contribution in [1.29, 1.82) is 0 Å². The summed E-state index contributed by atoms with van der Waals surface area (Å²) in [5.41, 5.74) is 0.607. The molecule has 0 saturated heterocycles. The highest BCUT2D eigenvalue weighted by molar-refractivity contribution is 7.21. The molecule has 188 valence electrons. The predicted molar refractivity (Wildman–Crippen MR) is 137 cm³/mol. The van der Waals surface area contributed by atoms with Crippen LogP contribution in [0.1, 0.15) is 57.3 Å². The average molecular weight is 499 g/mol. The third-order valence-electron chi connectivity index (χ3n) is 6.97. The molecule has 3 unspecified atom stereocenters. The Bertz CT molecular complexity index is 1240. The van der Waals surface area contributed by atoms with Crippen LogP contribution in [-0.4, -0.2) is 59.2 Å². The van der Waals surface area contributed by atoms with E-state index < -0.39 is 17.4 Å². The maximum Gasteiger partial charge on any atom is 0.224 e. The maximum atomic E-state index is 11.5. The van der Waals surface area contributed by atoms with Gasteiger partial charge in [0.25, 0.3) is 0 Å². The zero-order valence-corrected chi connectivity index (χ0v) is 21.5. The molecule has 35 heavy (non-hydrogen) atoms. The number of aliphatic hydroxyl groups is 3. The Kier molecular flexibility index (Phi) is 6.19. The monoisotopic (exact) mass is 498 g/mol. The number of aryl methyl sites for hydroxylation is 2. The summed E-state index contributed by atoms with van der Waals surface area (Å²) in [6.45, 7) is 8.09. The van der Waals surface area contributed by atoms with Crippen molar-refractivity contribution < 1.29 is 15.3 Å². The van der Waals surface area contributed by atoms with Crippen molar-refractivity contribution in [2.45, 2.75) is 77.2 Å². The Hall–Kier alpha value is -2.40. The lowest BCUT2D eigenvalue weighted by atomic mass is 9.90. The molecule has 2 aliphatic carbocycles. The second-order valence-electron chi connectivity index (χ2n) is 10.8. The summed E-state index contributed by atoms with van der Waals surface area (Å²) in [4.78, 5) is 18.6. The molecule has 0 spiro atoms. The fourth-order valence-corrected chi connectivity index (χ4v) is 6.05. The molecule has 2 saturated carbocycles. The van der Waals surface area contributed by atoms with Crippen molar-refractivity contribution in [2.75, 3.05) is 17.2 Å². The van der Waals surface area contributed by atoms with E-state index in [1.54, 1.807) is 20.0 Å². The third kappa shape index (κ3) is 5.11. The molecule has 0 bridgehead atoms. The molecule has 2 aliphatic rings. The van der Waals surface area contributed by atoms with E-state index in [-0.39, 0.29) is 5.92 Å². The third-order valence-corrected chi connectivity index (χ3v) is 8.01. The Morgan fingerprint density at radius 2 is 1.91 bits per heavy atom. The molecule has 3 heterocycles. The number of hydrogen-bond acceptors (Lipinski definition) is 10. The van der Waals surface area contributed by atoms with Crippen LogP contribution in [0.3, 0.4) is 0 Å². The minimum absolute atomic E-state index is 0.234. The van der Waals surface area contributed by atoms with E-state index in [1.165, 1.54) is 24.2 Å². The first-order chi connectivity index (χ1) is 16.5. The van der Waals surface area contributed by atoms with Gasteiger partial charge in [-0.3, -0.25) is 4.98 Å². The zero-order valence-electron chi connectivity index (χ0n) is 20.7. The first-order valence-corrected chi connectivity index (χ1v) is 13.1. The van der Waals surface area contributed by atoms with Gasteiger partial charge in [-0.25, -0.2) is 9.97 Å². The summed E-state index contributed by atoms with van der Waals surface area (Å²) >= 11 is 1.52. The molecule has 3 aromatic heterocycles. The Labute approximate surface area is 209 Å². The van der Waals surface area contributed by atoms with Crippen LogP contribution in [-0.2, 0) is 0 Å². The second-order valence-corrected chi connectivity index (χ2v) is 11.8. The molecule has 3 atom stereocenters. The number of anilines is 2. The summed E-state index contributed by atoms with van der Waals surface area (Å²) < 4.78 is 1.01. The van der Waals surface area contributed by atoms with E-state index in [2.05, 4.69) is 15.6 Å². The number of nitrogens with one attached hydrogen (secondary N) is 2. The highest BCUT2D eigenvalue weighted by Gasteiger charge is 2.48. The van der Waals surface area contributed by atoms with Crippen molar-refractivity contribution in [3.05, 3.63) is 23.7 Å². The van der Waals surface area contributed by atoms with Crippen LogP contribution in [0, 0.1) is 25.7 Å². The van der Waals surface area contributed by atoms with Gasteiger partial charge in [-0.05, 0) is 77.7 Å². The summed E-state index contributed by atoms with van der Waals surface area (Å²) in [5, 5.41) is 40.1. The molecule has 0 radical (unpaired) electrons. The van der Waals surface area contributed by atoms with Gasteiger partial charge in [0.1, 0.15) is 22.4 Å². The Morgan fingerprint density at radius 1 is 1.14 bits per heavy atom. The van der Waals surface area contributed by atoms with E-state index in [1.807, 2.05) is 19.9 Å². The van der Waals surface area contributed by atoms with Crippen LogP contribution in [0.15, 0.2) is 12.3 Å². The number of pyridine rings is 1. The fourth-order valence-electron chi connectivity index (χ4n) is 4.94. The average Bonchev–Trinajstić information content (AvgIpc) is 3.44. The first-order valence-electron chi connectivity index (χ1n) is 12.3. The van der Waals surface area contributed by atoms with Crippen molar-refractivity contribution in [3.8, 4) is 10.6 Å². The van der Waals surface area contributed by atoms with Crippen LogP contribution in [0.5, 0.6) is 0 Å². The highest BCUT2D eigenvalue weighted by atomic mass is 32.1. The number of rotatable bonds is 8. The first kappa shape index (κ1) is 24.3. The van der Waals surface area contributed by atoms with Crippen molar-refractivity contribution in [3.63, 3.8) is 0 Å². The maximum absolute atomic E-state index is 11.5. The van der Waals surface area contributed by atoms with Gasteiger partial charge in [-0.2, -0.15) is 4.98 Å². The minimum Gasteiger partial charge on any atom is -0.390 e. The van der Waals surface area contributed by atoms with Gasteiger partial charge in [0.15, 0.2) is 5.72 Å². The molecule has 3 aromatic rings. The quantitative estimate of drug-likeness (QED) is 0.295. The molecular weight excluding hydrogens is 464 g/mol. The van der Waals surface area contributed by atoms with Gasteiger partial charge < -0.3 is 26.0 Å². The van der Waals surface area contributed by atoms with Crippen LogP contribution < -0.4 is 10.6 Å². The Balaban J connectivity index is 1.52. The van der Waals surface area contributed by atoms with Crippen molar-refractivity contribution in [2.24, 2.45) is 11.8 Å². The number of aliphatic hydroxyl groups excluding tert-OH is 1. The summed E-state index contributed by atoms with van der Waals surface area (Å²) in [6, 6.07) is 1.94. The largest absolute Gasteiger partial charge is 0.390 e. The van der Waals surface area contributed by atoms with Gasteiger partial charge in [-0.1, -0.05) is 0 Å². The molecule has 2 fully saturated rings. The van der Waals surface area contributed by atoms with Crippen molar-refractivity contribution in [1.82, 2.24) is 19.9 Å². The summed E-state index contributed by atoms with van der Waals surface area (Å²) in [5.74, 6) is 1.34. The van der Waals surface area contributed by atoms with Gasteiger partial charge in [0.2, 0.25) is 5.95 Å². The van der Waals surface area contributed by atoms with Crippen LogP contribution in [0.4, 0.5) is 11.8 Å². The standard InChI is InChI=1S/C25H34N6O3S/c1-13-18(22-29-19-14(2)26-10-8-17(19)35-22)21(30-23(28-13)27-12-15-5-6-15)31-25(34)9-7-16(20(25)32)11-24(3,4)33/h8,10,15-16,20,32-34H,5-7,9,11-12H2,1-4H3,(H2,27,28,30,31). The highest BCUT2D eigenvalue weighted by Crippen LogP contribution is 2.43. The van der Waals surface area contributed by atoms with E-state index in [0.717, 1.165) is 33.2 Å².